The Bertz CT molecular complexity index is 486. The van der Waals surface area contributed by atoms with Gasteiger partial charge >= 0.3 is 6.18 Å². The molecule has 0 saturated carbocycles. The molecule has 112 valence electrons. The van der Waals surface area contributed by atoms with Gasteiger partial charge in [0.15, 0.2) is 0 Å². The fourth-order valence-corrected chi connectivity index (χ4v) is 2.02. The van der Waals surface area contributed by atoms with Crippen LogP contribution in [0.15, 0.2) is 0 Å². The van der Waals surface area contributed by atoms with E-state index >= 15 is 0 Å². The Morgan fingerprint density at radius 1 is 1.35 bits per heavy atom. The number of aromatic nitrogens is 3. The number of hydrogen-bond acceptors (Lipinski definition) is 5. The van der Waals surface area contributed by atoms with Gasteiger partial charge in [-0.25, -0.2) is 0 Å². The predicted molar refractivity (Wildman–Crippen MR) is 62.4 cm³/mol. The number of fused-ring (bicyclic) bond motifs is 1. The van der Waals surface area contributed by atoms with Crippen LogP contribution in [-0.2, 0) is 24.1 Å². The largest absolute Gasteiger partial charge is 0.451 e. The molecule has 0 saturated heterocycles. The zero-order chi connectivity index (χ0) is 14.8. The SMILES string of the molecule is NCCNC(=O)CN1CCn2c(nnc2C(F)(F)F)C1. The van der Waals surface area contributed by atoms with E-state index in [9.17, 15) is 18.0 Å². The van der Waals surface area contributed by atoms with Gasteiger partial charge in [0, 0.05) is 26.2 Å². The van der Waals surface area contributed by atoms with Crippen molar-refractivity contribution in [1.82, 2.24) is 25.0 Å². The highest BCUT2D eigenvalue weighted by Crippen LogP contribution is 2.29. The first kappa shape index (κ1) is 14.7. The Kier molecular flexibility index (Phi) is 4.23. The molecule has 0 radical (unpaired) electrons. The van der Waals surface area contributed by atoms with Crippen molar-refractivity contribution >= 4 is 5.91 Å². The second kappa shape index (κ2) is 5.75. The molecule has 2 heterocycles. The molecule has 0 bridgehead atoms. The monoisotopic (exact) mass is 292 g/mol. The minimum Gasteiger partial charge on any atom is -0.354 e. The van der Waals surface area contributed by atoms with Crippen molar-refractivity contribution < 1.29 is 18.0 Å². The highest BCUT2D eigenvalue weighted by atomic mass is 19.4. The summed E-state index contributed by atoms with van der Waals surface area (Å²) >= 11 is 0. The van der Waals surface area contributed by atoms with E-state index < -0.39 is 12.0 Å². The quantitative estimate of drug-likeness (QED) is 0.757. The van der Waals surface area contributed by atoms with Crippen LogP contribution < -0.4 is 11.1 Å². The number of hydrogen-bond donors (Lipinski definition) is 2. The van der Waals surface area contributed by atoms with Gasteiger partial charge in [-0.2, -0.15) is 13.2 Å². The number of alkyl halides is 3. The van der Waals surface area contributed by atoms with Crippen molar-refractivity contribution in [2.24, 2.45) is 5.73 Å². The number of rotatable bonds is 4. The minimum absolute atomic E-state index is 0.105. The van der Waals surface area contributed by atoms with E-state index in [1.165, 1.54) is 0 Å². The van der Waals surface area contributed by atoms with Gasteiger partial charge in [-0.3, -0.25) is 9.69 Å². The van der Waals surface area contributed by atoms with E-state index in [-0.39, 0.29) is 31.4 Å². The Morgan fingerprint density at radius 3 is 2.75 bits per heavy atom. The van der Waals surface area contributed by atoms with Crippen molar-refractivity contribution in [3.63, 3.8) is 0 Å². The third kappa shape index (κ3) is 3.25. The first-order valence-corrected chi connectivity index (χ1v) is 6.10. The van der Waals surface area contributed by atoms with Crippen LogP contribution >= 0.6 is 0 Å². The zero-order valence-corrected chi connectivity index (χ0v) is 10.7. The van der Waals surface area contributed by atoms with Gasteiger partial charge in [-0.1, -0.05) is 0 Å². The average molecular weight is 292 g/mol. The number of amides is 1. The van der Waals surface area contributed by atoms with E-state index in [1.54, 1.807) is 4.90 Å². The molecule has 1 aromatic heterocycles. The lowest BCUT2D eigenvalue weighted by Gasteiger charge is -2.27. The summed E-state index contributed by atoms with van der Waals surface area (Å²) in [5, 5.41) is 9.32. The first-order valence-electron chi connectivity index (χ1n) is 6.10. The minimum atomic E-state index is -4.51. The van der Waals surface area contributed by atoms with Gasteiger partial charge in [0.1, 0.15) is 5.82 Å². The van der Waals surface area contributed by atoms with Crippen molar-refractivity contribution in [2.75, 3.05) is 26.2 Å². The number of nitrogens with two attached hydrogens (primary N) is 1. The topological polar surface area (TPSA) is 89.1 Å². The predicted octanol–water partition coefficient (Wildman–Crippen LogP) is -0.813. The lowest BCUT2D eigenvalue weighted by molar-refractivity contribution is -0.148. The lowest BCUT2D eigenvalue weighted by atomic mass is 10.3. The molecular weight excluding hydrogens is 277 g/mol. The van der Waals surface area contributed by atoms with Gasteiger partial charge in [0.2, 0.25) is 11.7 Å². The van der Waals surface area contributed by atoms with E-state index in [1.807, 2.05) is 0 Å². The van der Waals surface area contributed by atoms with E-state index in [0.29, 0.717) is 19.6 Å². The summed E-state index contributed by atoms with van der Waals surface area (Å²) in [7, 11) is 0. The Labute approximate surface area is 112 Å². The summed E-state index contributed by atoms with van der Waals surface area (Å²) in [4.78, 5) is 13.2. The van der Waals surface area contributed by atoms with Crippen molar-refractivity contribution in [2.45, 2.75) is 19.3 Å². The normalized spacial score (nSPS) is 16.0. The second-order valence-corrected chi connectivity index (χ2v) is 4.44. The van der Waals surface area contributed by atoms with Crippen LogP contribution in [0.5, 0.6) is 0 Å². The van der Waals surface area contributed by atoms with Gasteiger partial charge < -0.3 is 15.6 Å². The molecule has 1 aliphatic rings. The highest BCUT2D eigenvalue weighted by molar-refractivity contribution is 5.77. The molecule has 0 aromatic carbocycles. The molecule has 0 fully saturated rings. The van der Waals surface area contributed by atoms with Crippen LogP contribution in [0.2, 0.25) is 0 Å². The Morgan fingerprint density at radius 2 is 2.10 bits per heavy atom. The highest BCUT2D eigenvalue weighted by Gasteiger charge is 2.39. The summed E-state index contributed by atoms with van der Waals surface area (Å²) in [6.45, 7) is 1.44. The van der Waals surface area contributed by atoms with Gasteiger partial charge in [0.25, 0.3) is 0 Å². The van der Waals surface area contributed by atoms with Gasteiger partial charge in [-0.15, -0.1) is 10.2 Å². The lowest BCUT2D eigenvalue weighted by Crippen LogP contribution is -2.42. The Balaban J connectivity index is 1.98. The molecule has 0 spiro atoms. The van der Waals surface area contributed by atoms with Crippen molar-refractivity contribution in [3.8, 4) is 0 Å². The average Bonchev–Trinajstić information content (AvgIpc) is 2.79. The number of nitrogens with one attached hydrogen (secondary N) is 1. The van der Waals surface area contributed by atoms with E-state index in [4.69, 9.17) is 5.73 Å². The van der Waals surface area contributed by atoms with Crippen LogP contribution in [-0.4, -0.2) is 51.8 Å². The molecule has 20 heavy (non-hydrogen) atoms. The number of carbonyl (C=O) groups is 1. The van der Waals surface area contributed by atoms with Crippen molar-refractivity contribution in [1.29, 1.82) is 0 Å². The number of carbonyl (C=O) groups excluding carboxylic acids is 1. The number of nitrogens with zero attached hydrogens (tertiary/aromatic N) is 4. The zero-order valence-electron chi connectivity index (χ0n) is 10.7. The third-order valence-electron chi connectivity index (χ3n) is 2.92. The third-order valence-corrected chi connectivity index (χ3v) is 2.92. The molecule has 0 unspecified atom stereocenters. The smallest absolute Gasteiger partial charge is 0.354 e. The fraction of sp³-hybridized carbons (Fsp3) is 0.700. The molecule has 1 amide bonds. The maximum Gasteiger partial charge on any atom is 0.451 e. The molecule has 0 atom stereocenters. The first-order chi connectivity index (χ1) is 9.41. The van der Waals surface area contributed by atoms with Crippen LogP contribution in [0.4, 0.5) is 13.2 Å². The standard InChI is InChI=1S/C10H15F3N6O/c11-10(12,13)9-17-16-7-5-18(3-4-19(7)9)6-8(20)15-2-1-14/h1-6,14H2,(H,15,20). The summed E-state index contributed by atoms with van der Waals surface area (Å²) < 4.78 is 39.0. The summed E-state index contributed by atoms with van der Waals surface area (Å²) in [6.07, 6.45) is -4.51. The Hall–Kier alpha value is -1.68. The van der Waals surface area contributed by atoms with Crippen LogP contribution in [0.3, 0.4) is 0 Å². The molecule has 1 aliphatic heterocycles. The molecule has 7 nitrogen and oxygen atoms in total. The number of halogens is 3. The molecular formula is C10H15F3N6O. The maximum absolute atomic E-state index is 12.6. The van der Waals surface area contributed by atoms with Crippen LogP contribution in [0.1, 0.15) is 11.6 Å². The van der Waals surface area contributed by atoms with Crippen molar-refractivity contribution in [3.05, 3.63) is 11.6 Å². The second-order valence-electron chi connectivity index (χ2n) is 4.44. The van der Waals surface area contributed by atoms with Crippen LogP contribution in [0.25, 0.3) is 0 Å². The van der Waals surface area contributed by atoms with E-state index in [0.717, 1.165) is 4.57 Å². The van der Waals surface area contributed by atoms with Gasteiger partial charge in [-0.05, 0) is 0 Å². The maximum atomic E-state index is 12.6. The van der Waals surface area contributed by atoms with Crippen LogP contribution in [0, 0.1) is 0 Å². The van der Waals surface area contributed by atoms with E-state index in [2.05, 4.69) is 15.5 Å². The summed E-state index contributed by atoms with van der Waals surface area (Å²) in [6, 6.07) is 0. The molecule has 10 heteroatoms. The molecule has 2 rings (SSSR count). The molecule has 1 aromatic rings. The summed E-state index contributed by atoms with van der Waals surface area (Å²) in [5.74, 6) is -0.977. The summed E-state index contributed by atoms with van der Waals surface area (Å²) in [5.41, 5.74) is 5.26. The fourth-order valence-electron chi connectivity index (χ4n) is 2.02. The molecule has 0 aliphatic carbocycles. The van der Waals surface area contributed by atoms with Gasteiger partial charge in [0.05, 0.1) is 13.1 Å². The molecule has 3 N–H and O–H groups in total.